The lowest BCUT2D eigenvalue weighted by molar-refractivity contribution is -0.143. The van der Waals surface area contributed by atoms with E-state index >= 15 is 0 Å². The minimum atomic E-state index is -4.85. The standard InChI is InChI=1S/C26H37F6N3O2/c1-3-37-17-22(36)23(33)18-4-6-24(2,7-5-18)8-9-34-10-12-35(13-11-34)21-15-19(25(27,28)29)14-20(16-21)26(30,31)32/h14-16,18,23H,3-13,17,33H2,1-2H3. The third kappa shape index (κ3) is 8.07. The van der Waals surface area contributed by atoms with Crippen molar-refractivity contribution in [3.05, 3.63) is 29.3 Å². The monoisotopic (exact) mass is 537 g/mol. The van der Waals surface area contributed by atoms with Gasteiger partial charge >= 0.3 is 12.4 Å². The zero-order valence-corrected chi connectivity index (χ0v) is 21.4. The number of Topliss-reactive ketones (excluding diaryl/α,β-unsaturated/α-hetero) is 1. The number of carbonyl (C=O) groups excluding carboxylic acids is 1. The summed E-state index contributed by atoms with van der Waals surface area (Å²) in [6.45, 7) is 7.23. The summed E-state index contributed by atoms with van der Waals surface area (Å²) >= 11 is 0. The summed E-state index contributed by atoms with van der Waals surface area (Å²) in [6.07, 6.45) is -5.11. The van der Waals surface area contributed by atoms with E-state index in [1.165, 1.54) is 0 Å². The van der Waals surface area contributed by atoms with Gasteiger partial charge in [-0.25, -0.2) is 0 Å². The summed E-state index contributed by atoms with van der Waals surface area (Å²) < 4.78 is 84.5. The van der Waals surface area contributed by atoms with E-state index in [1.807, 2.05) is 6.92 Å². The number of nitrogens with zero attached hydrogens (tertiary/aromatic N) is 2. The molecule has 1 unspecified atom stereocenters. The second-order valence-electron chi connectivity index (χ2n) is 10.6. The molecule has 3 rings (SSSR count). The number of nitrogens with two attached hydrogens (primary N) is 1. The second kappa shape index (κ2) is 11.9. The van der Waals surface area contributed by atoms with Crippen LogP contribution >= 0.6 is 0 Å². The van der Waals surface area contributed by atoms with Crippen LogP contribution in [0.4, 0.5) is 32.0 Å². The second-order valence-corrected chi connectivity index (χ2v) is 10.6. The van der Waals surface area contributed by atoms with Crippen LogP contribution in [0.3, 0.4) is 0 Å². The van der Waals surface area contributed by atoms with Gasteiger partial charge in [0.1, 0.15) is 6.61 Å². The van der Waals surface area contributed by atoms with Gasteiger partial charge in [0, 0.05) is 38.5 Å². The number of hydrogen-bond donors (Lipinski definition) is 1. The molecule has 2 aliphatic rings. The predicted octanol–water partition coefficient (Wildman–Crippen LogP) is 5.37. The number of alkyl halides is 6. The van der Waals surface area contributed by atoms with E-state index in [0.717, 1.165) is 50.8 Å². The molecule has 210 valence electrons. The Morgan fingerprint density at radius 3 is 2.05 bits per heavy atom. The molecule has 1 saturated carbocycles. The van der Waals surface area contributed by atoms with E-state index < -0.39 is 29.5 Å². The zero-order valence-electron chi connectivity index (χ0n) is 21.4. The maximum absolute atomic E-state index is 13.2. The first kappa shape index (κ1) is 29.7. The molecular weight excluding hydrogens is 500 g/mol. The van der Waals surface area contributed by atoms with Crippen molar-refractivity contribution >= 4 is 11.5 Å². The van der Waals surface area contributed by atoms with Crippen LogP contribution in [0.15, 0.2) is 18.2 Å². The SMILES string of the molecule is CCOCC(=O)C(N)C1CCC(C)(CCN2CCN(c3cc(C(F)(F)F)cc(C(F)(F)F)c3)CC2)CC1. The summed E-state index contributed by atoms with van der Waals surface area (Å²) in [7, 11) is 0. The molecule has 11 heteroatoms. The molecule has 0 aromatic heterocycles. The molecule has 1 heterocycles. The quantitative estimate of drug-likeness (QED) is 0.430. The zero-order chi connectivity index (χ0) is 27.4. The minimum absolute atomic E-state index is 0.0510. The molecule has 37 heavy (non-hydrogen) atoms. The molecule has 1 aromatic rings. The van der Waals surface area contributed by atoms with Crippen LogP contribution in [0, 0.1) is 11.3 Å². The first-order valence-corrected chi connectivity index (χ1v) is 12.8. The van der Waals surface area contributed by atoms with Crippen LogP contribution in [0.1, 0.15) is 57.1 Å². The lowest BCUT2D eigenvalue weighted by Gasteiger charge is -2.42. The van der Waals surface area contributed by atoms with Gasteiger partial charge in [0.15, 0.2) is 5.78 Å². The van der Waals surface area contributed by atoms with Crippen molar-refractivity contribution < 1.29 is 35.9 Å². The van der Waals surface area contributed by atoms with Gasteiger partial charge in [-0.3, -0.25) is 9.69 Å². The molecule has 0 amide bonds. The summed E-state index contributed by atoms with van der Waals surface area (Å²) in [4.78, 5) is 16.0. The van der Waals surface area contributed by atoms with Crippen molar-refractivity contribution in [2.75, 3.05) is 50.8 Å². The number of halogens is 6. The highest BCUT2D eigenvalue weighted by atomic mass is 19.4. The third-order valence-corrected chi connectivity index (χ3v) is 7.91. The van der Waals surface area contributed by atoms with Crippen LogP contribution in [-0.2, 0) is 21.9 Å². The number of piperazine rings is 1. The van der Waals surface area contributed by atoms with Gasteiger partial charge in [-0.15, -0.1) is 0 Å². The predicted molar refractivity (Wildman–Crippen MR) is 129 cm³/mol. The smallest absolute Gasteiger partial charge is 0.374 e. The summed E-state index contributed by atoms with van der Waals surface area (Å²) in [5, 5.41) is 0. The number of anilines is 1. The summed E-state index contributed by atoms with van der Waals surface area (Å²) in [6, 6.07) is 1.26. The fraction of sp³-hybridized carbons (Fsp3) is 0.731. The fourth-order valence-corrected chi connectivity index (χ4v) is 5.29. The average Bonchev–Trinajstić information content (AvgIpc) is 2.85. The van der Waals surface area contributed by atoms with Gasteiger partial charge in [0.25, 0.3) is 0 Å². The van der Waals surface area contributed by atoms with E-state index in [9.17, 15) is 31.1 Å². The Morgan fingerprint density at radius 1 is 1.03 bits per heavy atom. The van der Waals surface area contributed by atoms with Crippen molar-refractivity contribution in [3.8, 4) is 0 Å². The van der Waals surface area contributed by atoms with Crippen molar-refractivity contribution in [1.82, 2.24) is 4.90 Å². The number of ketones is 1. The molecule has 1 saturated heterocycles. The van der Waals surface area contributed by atoms with Crippen molar-refractivity contribution in [1.29, 1.82) is 0 Å². The van der Waals surface area contributed by atoms with E-state index in [4.69, 9.17) is 10.5 Å². The van der Waals surface area contributed by atoms with Gasteiger partial charge in [-0.2, -0.15) is 26.3 Å². The topological polar surface area (TPSA) is 58.8 Å². The first-order valence-electron chi connectivity index (χ1n) is 12.8. The summed E-state index contributed by atoms with van der Waals surface area (Å²) in [5.74, 6) is 0.0927. The normalized spacial score (nSPS) is 24.8. The Hall–Kier alpha value is -1.85. The van der Waals surface area contributed by atoms with Crippen molar-refractivity contribution in [2.45, 2.75) is 64.3 Å². The van der Waals surface area contributed by atoms with E-state index in [2.05, 4.69) is 11.8 Å². The molecule has 2 fully saturated rings. The van der Waals surface area contributed by atoms with Crippen molar-refractivity contribution in [3.63, 3.8) is 0 Å². The molecule has 1 aliphatic carbocycles. The van der Waals surface area contributed by atoms with Gasteiger partial charge in [-0.05, 0) is 75.1 Å². The maximum atomic E-state index is 13.2. The number of ether oxygens (including phenoxy) is 1. The first-order chi connectivity index (χ1) is 17.2. The number of rotatable bonds is 9. The molecule has 5 nitrogen and oxygen atoms in total. The molecular formula is C26H37F6N3O2. The van der Waals surface area contributed by atoms with Crippen LogP contribution in [0.25, 0.3) is 0 Å². The average molecular weight is 538 g/mol. The Bertz CT molecular complexity index is 872. The van der Waals surface area contributed by atoms with Gasteiger partial charge in [0.2, 0.25) is 0 Å². The highest BCUT2D eigenvalue weighted by Crippen LogP contribution is 2.42. The van der Waals surface area contributed by atoms with E-state index in [1.54, 1.807) is 4.90 Å². The summed E-state index contributed by atoms with van der Waals surface area (Å²) in [5.41, 5.74) is 3.65. The van der Waals surface area contributed by atoms with E-state index in [-0.39, 0.29) is 35.5 Å². The molecule has 1 atom stereocenters. The molecule has 2 N–H and O–H groups in total. The number of carbonyl (C=O) groups is 1. The van der Waals surface area contributed by atoms with Gasteiger partial charge in [0.05, 0.1) is 17.2 Å². The van der Waals surface area contributed by atoms with Crippen molar-refractivity contribution in [2.24, 2.45) is 17.1 Å². The number of hydrogen-bond acceptors (Lipinski definition) is 5. The Labute approximate surface area is 214 Å². The van der Waals surface area contributed by atoms with Crippen LogP contribution < -0.4 is 10.6 Å². The minimum Gasteiger partial charge on any atom is -0.374 e. The highest BCUT2D eigenvalue weighted by Gasteiger charge is 2.38. The number of benzene rings is 1. The third-order valence-electron chi connectivity index (χ3n) is 7.91. The van der Waals surface area contributed by atoms with E-state index in [0.29, 0.717) is 32.8 Å². The van der Waals surface area contributed by atoms with Gasteiger partial charge in [-0.1, -0.05) is 6.92 Å². The van der Waals surface area contributed by atoms with Gasteiger partial charge < -0.3 is 15.4 Å². The Balaban J connectivity index is 1.51. The Kier molecular flexibility index (Phi) is 9.56. The van der Waals surface area contributed by atoms with Crippen LogP contribution in [-0.4, -0.2) is 62.7 Å². The van der Waals surface area contributed by atoms with Crippen LogP contribution in [0.2, 0.25) is 0 Å². The molecule has 0 bridgehead atoms. The lowest BCUT2D eigenvalue weighted by Crippen LogP contribution is -2.48. The lowest BCUT2D eigenvalue weighted by atomic mass is 9.68. The fourth-order valence-electron chi connectivity index (χ4n) is 5.29. The highest BCUT2D eigenvalue weighted by molar-refractivity contribution is 5.85. The molecule has 0 spiro atoms. The molecule has 1 aliphatic heterocycles. The Morgan fingerprint density at radius 2 is 1.57 bits per heavy atom. The maximum Gasteiger partial charge on any atom is 0.416 e. The molecule has 1 aromatic carbocycles. The van der Waals surface area contributed by atoms with Crippen LogP contribution in [0.5, 0.6) is 0 Å². The molecule has 0 radical (unpaired) electrons. The largest absolute Gasteiger partial charge is 0.416 e.